The highest BCUT2D eigenvalue weighted by atomic mass is 35.5. The van der Waals surface area contributed by atoms with Crippen molar-refractivity contribution in [3.63, 3.8) is 0 Å². The largest absolute Gasteiger partial charge is 0.325 e. The van der Waals surface area contributed by atoms with Crippen molar-refractivity contribution in [1.29, 1.82) is 0 Å². The van der Waals surface area contributed by atoms with Crippen LogP contribution in [-0.4, -0.2) is 26.3 Å². The number of hydrogen-bond acceptors (Lipinski definition) is 5. The fraction of sp³-hybridized carbons (Fsp3) is 0.130. The number of urea groups is 1. The van der Waals surface area contributed by atoms with Crippen molar-refractivity contribution in [2.24, 2.45) is 7.05 Å². The molecule has 4 aromatic rings. The van der Waals surface area contributed by atoms with Gasteiger partial charge < -0.3 is 10.6 Å². The maximum absolute atomic E-state index is 12.9. The van der Waals surface area contributed by atoms with Crippen LogP contribution in [0.25, 0.3) is 5.69 Å². The number of benzene rings is 2. The number of halogens is 1. The van der Waals surface area contributed by atoms with E-state index in [9.17, 15) is 14.4 Å². The molecule has 2 aromatic carbocycles. The van der Waals surface area contributed by atoms with Crippen LogP contribution in [-0.2, 0) is 18.3 Å². The van der Waals surface area contributed by atoms with Gasteiger partial charge in [-0.3, -0.25) is 19.6 Å². The molecule has 174 valence electrons. The highest BCUT2D eigenvalue weighted by Crippen LogP contribution is 2.19. The maximum Gasteiger partial charge on any atom is 0.325 e. The second kappa shape index (κ2) is 9.94. The van der Waals surface area contributed by atoms with Gasteiger partial charge in [0.25, 0.3) is 5.56 Å². The van der Waals surface area contributed by atoms with E-state index >= 15 is 0 Å². The van der Waals surface area contributed by atoms with Crippen molar-refractivity contribution in [2.75, 3.05) is 16.0 Å². The predicted molar refractivity (Wildman–Crippen MR) is 134 cm³/mol. The molecule has 2 heterocycles. The Morgan fingerprint density at radius 1 is 1.03 bits per heavy atom. The molecule has 3 N–H and O–H groups in total. The summed E-state index contributed by atoms with van der Waals surface area (Å²) in [6, 6.07) is 15.4. The van der Waals surface area contributed by atoms with Crippen molar-refractivity contribution < 1.29 is 9.59 Å². The van der Waals surface area contributed by atoms with Crippen molar-refractivity contribution in [2.45, 2.75) is 13.3 Å². The molecule has 0 radical (unpaired) electrons. The number of anilines is 3. The summed E-state index contributed by atoms with van der Waals surface area (Å²) < 4.78 is 3.19. The van der Waals surface area contributed by atoms with Gasteiger partial charge in [0.2, 0.25) is 5.91 Å². The maximum atomic E-state index is 12.9. The van der Waals surface area contributed by atoms with Gasteiger partial charge in [-0.15, -0.1) is 11.3 Å². The first-order chi connectivity index (χ1) is 16.3. The summed E-state index contributed by atoms with van der Waals surface area (Å²) in [7, 11) is 1.76. The first-order valence-electron chi connectivity index (χ1n) is 10.2. The number of nitrogens with zero attached hydrogens (tertiary/aromatic N) is 3. The zero-order chi connectivity index (χ0) is 24.2. The number of para-hydroxylation sites is 1. The SMILES string of the molecule is Cc1c(NC(=O)Cc2csc(NC(=O)Nc3ccc(Cl)cc3)n2)c(=O)n(-c2ccccc2)n1C. The Kier molecular flexibility index (Phi) is 6.80. The fourth-order valence-electron chi connectivity index (χ4n) is 3.30. The molecular formula is C23H21ClN6O3S. The minimum absolute atomic E-state index is 0.0455. The summed E-state index contributed by atoms with van der Waals surface area (Å²) in [4.78, 5) is 42.0. The molecular weight excluding hydrogens is 476 g/mol. The standard InChI is InChI=1S/C23H21ClN6O3S/c1-14-20(21(32)30(29(14)2)18-6-4-3-5-7-18)27-19(31)12-17-13-34-23(26-17)28-22(33)25-16-10-8-15(24)9-11-16/h3-11,13H,12H2,1-2H3,(H,27,31)(H2,25,26,28,33). The van der Waals surface area contributed by atoms with Gasteiger partial charge in [0.1, 0.15) is 5.69 Å². The quantitative estimate of drug-likeness (QED) is 0.367. The topological polar surface area (TPSA) is 110 Å². The Labute approximate surface area is 204 Å². The summed E-state index contributed by atoms with van der Waals surface area (Å²) in [5.74, 6) is -0.381. The number of amides is 3. The molecule has 2 aromatic heterocycles. The van der Waals surface area contributed by atoms with Crippen molar-refractivity contribution in [3.8, 4) is 5.69 Å². The van der Waals surface area contributed by atoms with Crippen molar-refractivity contribution in [1.82, 2.24) is 14.3 Å². The summed E-state index contributed by atoms with van der Waals surface area (Å²) in [5.41, 5.74) is 2.28. The smallest absolute Gasteiger partial charge is 0.320 e. The number of aromatic nitrogens is 3. The first-order valence-corrected chi connectivity index (χ1v) is 11.5. The summed E-state index contributed by atoms with van der Waals surface area (Å²) >= 11 is 7.03. The van der Waals surface area contributed by atoms with Crippen LogP contribution in [0.4, 0.5) is 21.3 Å². The first kappa shape index (κ1) is 23.3. The Hall–Kier alpha value is -3.89. The van der Waals surface area contributed by atoms with Gasteiger partial charge >= 0.3 is 6.03 Å². The van der Waals surface area contributed by atoms with Crippen LogP contribution in [0.1, 0.15) is 11.4 Å². The molecule has 34 heavy (non-hydrogen) atoms. The van der Waals surface area contributed by atoms with E-state index in [4.69, 9.17) is 11.6 Å². The van der Waals surface area contributed by atoms with Crippen molar-refractivity contribution >= 4 is 51.4 Å². The monoisotopic (exact) mass is 496 g/mol. The van der Waals surface area contributed by atoms with E-state index in [0.29, 0.717) is 32.9 Å². The Morgan fingerprint density at radius 2 is 1.74 bits per heavy atom. The molecule has 11 heteroatoms. The highest BCUT2D eigenvalue weighted by molar-refractivity contribution is 7.14. The number of rotatable bonds is 6. The van der Waals surface area contributed by atoms with Crippen LogP contribution in [0.2, 0.25) is 5.02 Å². The molecule has 0 aliphatic rings. The third-order valence-electron chi connectivity index (χ3n) is 5.03. The normalized spacial score (nSPS) is 10.7. The summed E-state index contributed by atoms with van der Waals surface area (Å²) in [6.45, 7) is 1.76. The molecule has 0 saturated heterocycles. The molecule has 3 amide bonds. The molecule has 0 spiro atoms. The Bertz CT molecular complexity index is 1390. The van der Waals surface area contributed by atoms with Gasteiger partial charge in [-0.1, -0.05) is 29.8 Å². The predicted octanol–water partition coefficient (Wildman–Crippen LogP) is 4.42. The van der Waals surface area contributed by atoms with E-state index in [-0.39, 0.29) is 23.6 Å². The van der Waals surface area contributed by atoms with Crippen LogP contribution < -0.4 is 21.5 Å². The molecule has 0 fully saturated rings. The Morgan fingerprint density at radius 3 is 2.44 bits per heavy atom. The molecule has 0 aliphatic carbocycles. The minimum atomic E-state index is -0.464. The van der Waals surface area contributed by atoms with Gasteiger partial charge in [-0.05, 0) is 43.3 Å². The second-order valence-electron chi connectivity index (χ2n) is 7.39. The molecule has 0 bridgehead atoms. The van der Waals surface area contributed by atoms with Crippen LogP contribution in [0.3, 0.4) is 0 Å². The van der Waals surface area contributed by atoms with E-state index in [1.165, 1.54) is 16.0 Å². The number of carbonyl (C=O) groups excluding carboxylic acids is 2. The summed E-state index contributed by atoms with van der Waals surface area (Å²) in [6.07, 6.45) is -0.0455. The van der Waals surface area contributed by atoms with Crippen LogP contribution >= 0.6 is 22.9 Å². The second-order valence-corrected chi connectivity index (χ2v) is 8.69. The molecule has 4 rings (SSSR count). The van der Waals surface area contributed by atoms with E-state index in [0.717, 1.165) is 0 Å². The third kappa shape index (κ3) is 5.19. The molecule has 0 atom stereocenters. The van der Waals surface area contributed by atoms with Gasteiger partial charge in [0, 0.05) is 23.1 Å². The number of hydrogen-bond donors (Lipinski definition) is 3. The minimum Gasteiger partial charge on any atom is -0.320 e. The average molecular weight is 497 g/mol. The Balaban J connectivity index is 1.39. The van der Waals surface area contributed by atoms with E-state index < -0.39 is 6.03 Å². The van der Waals surface area contributed by atoms with Crippen LogP contribution in [0.5, 0.6) is 0 Å². The lowest BCUT2D eigenvalue weighted by molar-refractivity contribution is -0.115. The summed E-state index contributed by atoms with van der Waals surface area (Å²) in [5, 5.41) is 10.6. The zero-order valence-corrected chi connectivity index (χ0v) is 19.9. The number of thiazole rings is 1. The molecule has 9 nitrogen and oxygen atoms in total. The molecule has 0 unspecified atom stereocenters. The van der Waals surface area contributed by atoms with Crippen LogP contribution in [0, 0.1) is 6.92 Å². The fourth-order valence-corrected chi connectivity index (χ4v) is 4.13. The number of carbonyl (C=O) groups is 2. The third-order valence-corrected chi connectivity index (χ3v) is 6.09. The highest BCUT2D eigenvalue weighted by Gasteiger charge is 2.19. The molecule has 0 aliphatic heterocycles. The van der Waals surface area contributed by atoms with E-state index in [1.807, 2.05) is 30.3 Å². The van der Waals surface area contributed by atoms with Gasteiger partial charge in [0.05, 0.1) is 23.5 Å². The average Bonchev–Trinajstić information content (AvgIpc) is 3.33. The van der Waals surface area contributed by atoms with Gasteiger partial charge in [-0.2, -0.15) is 0 Å². The zero-order valence-electron chi connectivity index (χ0n) is 18.3. The van der Waals surface area contributed by atoms with E-state index in [1.54, 1.807) is 48.3 Å². The lowest BCUT2D eigenvalue weighted by Crippen LogP contribution is -2.23. The van der Waals surface area contributed by atoms with Crippen molar-refractivity contribution in [3.05, 3.63) is 86.7 Å². The lowest BCUT2D eigenvalue weighted by atomic mass is 10.3. The van der Waals surface area contributed by atoms with E-state index in [2.05, 4.69) is 20.9 Å². The number of nitrogens with one attached hydrogen (secondary N) is 3. The lowest BCUT2D eigenvalue weighted by Gasteiger charge is -2.07. The van der Waals surface area contributed by atoms with Crippen LogP contribution in [0.15, 0.2) is 64.8 Å². The van der Waals surface area contributed by atoms with Gasteiger partial charge in [-0.25, -0.2) is 14.5 Å². The van der Waals surface area contributed by atoms with Gasteiger partial charge in [0.15, 0.2) is 5.13 Å². The molecule has 0 saturated carbocycles.